The summed E-state index contributed by atoms with van der Waals surface area (Å²) in [6.07, 6.45) is 2.93. The van der Waals surface area contributed by atoms with Crippen molar-refractivity contribution in [2.75, 3.05) is 13.7 Å². The van der Waals surface area contributed by atoms with Crippen molar-refractivity contribution in [1.29, 1.82) is 0 Å². The van der Waals surface area contributed by atoms with Gasteiger partial charge in [0.05, 0.1) is 11.6 Å². The van der Waals surface area contributed by atoms with E-state index in [-0.39, 0.29) is 23.7 Å². The quantitative estimate of drug-likeness (QED) is 0.122. The molecule has 0 saturated carbocycles. The number of rotatable bonds is 13. The van der Waals surface area contributed by atoms with E-state index >= 15 is 0 Å². The molecular weight excluding hydrogens is 464 g/mol. The molecule has 1 heterocycles. The van der Waals surface area contributed by atoms with Gasteiger partial charge in [0.2, 0.25) is 21.8 Å². The van der Waals surface area contributed by atoms with E-state index in [0.29, 0.717) is 17.7 Å². The number of carbonyl (C=O) groups excluding carboxylic acids is 3. The summed E-state index contributed by atoms with van der Waals surface area (Å²) < 4.78 is 31.8. The molecule has 1 aromatic carbocycles. The van der Waals surface area contributed by atoms with Crippen LogP contribution in [0.5, 0.6) is 0 Å². The van der Waals surface area contributed by atoms with Crippen molar-refractivity contribution in [2.24, 2.45) is 5.92 Å². The Kier molecular flexibility index (Phi) is 10.2. The molecule has 3 amide bonds. The van der Waals surface area contributed by atoms with Gasteiger partial charge in [-0.15, -0.1) is 0 Å². The first kappa shape index (κ1) is 27.0. The molecular formula is C22H30N4O7S. The van der Waals surface area contributed by atoms with Gasteiger partial charge in [0.25, 0.3) is 5.91 Å². The Bertz CT molecular complexity index is 1100. The smallest absolute Gasteiger partial charge is 0.288 e. The number of hydrogen-bond donors (Lipinski definition) is 5. The van der Waals surface area contributed by atoms with Crippen LogP contribution in [0, 0.1) is 5.92 Å². The highest BCUT2D eigenvalue weighted by Crippen LogP contribution is 2.24. The average molecular weight is 495 g/mol. The minimum absolute atomic E-state index is 0.0229. The molecule has 5 N–H and O–H groups in total. The van der Waals surface area contributed by atoms with E-state index in [1.54, 1.807) is 12.1 Å². The van der Waals surface area contributed by atoms with Crippen LogP contribution in [0.25, 0.3) is 11.3 Å². The van der Waals surface area contributed by atoms with Gasteiger partial charge in [-0.25, -0.2) is 18.6 Å². The molecule has 186 valence electrons. The summed E-state index contributed by atoms with van der Waals surface area (Å²) in [6, 6.07) is 9.05. The van der Waals surface area contributed by atoms with E-state index < -0.39 is 33.7 Å². The summed E-state index contributed by atoms with van der Waals surface area (Å²) >= 11 is 0. The first-order valence-corrected chi connectivity index (χ1v) is 12.3. The van der Waals surface area contributed by atoms with Gasteiger partial charge in [-0.1, -0.05) is 38.3 Å². The third-order valence-electron chi connectivity index (χ3n) is 5.12. The Morgan fingerprint density at radius 2 is 1.85 bits per heavy atom. The van der Waals surface area contributed by atoms with E-state index in [1.165, 1.54) is 36.8 Å². The summed E-state index contributed by atoms with van der Waals surface area (Å²) in [5.74, 6) is -2.01. The fraction of sp³-hybridized carbons (Fsp3) is 0.409. The standard InChI is InChI=1S/C22H30N4O7S/c1-3-4-5-7-16(13-20(27)26-30)21(28)24-14-25-22(29)19-11-10-18(33-19)15-8-6-9-17(12-15)34(31,32)23-2/h6,8-12,16,23,30H,3-5,7,13-14H2,1-2H3,(H,24,28)(H,25,29)(H,26,27)/t16-/m1/s1. The fourth-order valence-corrected chi connectivity index (χ4v) is 4.00. The Balaban J connectivity index is 1.96. The van der Waals surface area contributed by atoms with Crippen molar-refractivity contribution in [3.05, 3.63) is 42.2 Å². The van der Waals surface area contributed by atoms with E-state index in [2.05, 4.69) is 15.4 Å². The molecule has 1 aromatic heterocycles. The molecule has 11 nitrogen and oxygen atoms in total. The SMILES string of the molecule is CCCCC[C@H](CC(=O)NO)C(=O)NCNC(=O)c1ccc(-c2cccc(S(=O)(=O)NC)c2)o1. The van der Waals surface area contributed by atoms with Gasteiger partial charge < -0.3 is 15.1 Å². The molecule has 0 saturated heterocycles. The second-order valence-corrected chi connectivity index (χ2v) is 9.44. The number of amides is 3. The van der Waals surface area contributed by atoms with Crippen molar-refractivity contribution in [3.8, 4) is 11.3 Å². The zero-order valence-electron chi connectivity index (χ0n) is 19.1. The van der Waals surface area contributed by atoms with Crippen LogP contribution in [-0.2, 0) is 19.6 Å². The third kappa shape index (κ3) is 7.68. The number of unbranched alkanes of at least 4 members (excludes halogenated alkanes) is 2. The van der Waals surface area contributed by atoms with Gasteiger partial charge in [0.15, 0.2) is 5.76 Å². The van der Waals surface area contributed by atoms with Crippen LogP contribution in [0.2, 0.25) is 0 Å². The van der Waals surface area contributed by atoms with Crippen LogP contribution in [0.4, 0.5) is 0 Å². The van der Waals surface area contributed by atoms with Crippen molar-refractivity contribution in [1.82, 2.24) is 20.8 Å². The topological polar surface area (TPSA) is 167 Å². The monoisotopic (exact) mass is 494 g/mol. The van der Waals surface area contributed by atoms with Gasteiger partial charge in [0.1, 0.15) is 5.76 Å². The van der Waals surface area contributed by atoms with Crippen LogP contribution >= 0.6 is 0 Å². The Morgan fingerprint density at radius 3 is 2.53 bits per heavy atom. The molecule has 34 heavy (non-hydrogen) atoms. The first-order valence-electron chi connectivity index (χ1n) is 10.8. The summed E-state index contributed by atoms with van der Waals surface area (Å²) in [5.41, 5.74) is 2.00. The van der Waals surface area contributed by atoms with E-state index in [0.717, 1.165) is 19.3 Å². The van der Waals surface area contributed by atoms with Crippen LogP contribution in [-0.4, -0.2) is 45.1 Å². The lowest BCUT2D eigenvalue weighted by atomic mass is 9.96. The zero-order chi connectivity index (χ0) is 25.1. The normalized spacial score (nSPS) is 12.1. The molecule has 0 aliphatic rings. The molecule has 1 atom stereocenters. The molecule has 0 spiro atoms. The Hall–Kier alpha value is -3.22. The van der Waals surface area contributed by atoms with Gasteiger partial charge in [-0.2, -0.15) is 0 Å². The second kappa shape index (κ2) is 12.9. The van der Waals surface area contributed by atoms with Crippen molar-refractivity contribution in [2.45, 2.75) is 43.9 Å². The van der Waals surface area contributed by atoms with Crippen molar-refractivity contribution >= 4 is 27.7 Å². The molecule has 0 radical (unpaired) electrons. The second-order valence-electron chi connectivity index (χ2n) is 7.55. The molecule has 2 aromatic rings. The Morgan fingerprint density at radius 1 is 1.09 bits per heavy atom. The number of benzene rings is 1. The molecule has 0 bridgehead atoms. The molecule has 2 rings (SSSR count). The van der Waals surface area contributed by atoms with Crippen LogP contribution in [0.3, 0.4) is 0 Å². The highest BCUT2D eigenvalue weighted by Gasteiger charge is 2.22. The maximum absolute atomic E-state index is 12.4. The molecule has 12 heteroatoms. The highest BCUT2D eigenvalue weighted by molar-refractivity contribution is 7.89. The predicted octanol–water partition coefficient (Wildman–Crippen LogP) is 1.75. The molecule has 0 fully saturated rings. The lowest BCUT2D eigenvalue weighted by molar-refractivity contribution is -0.135. The van der Waals surface area contributed by atoms with Crippen LogP contribution < -0.4 is 20.8 Å². The van der Waals surface area contributed by atoms with E-state index in [4.69, 9.17) is 9.62 Å². The van der Waals surface area contributed by atoms with E-state index in [1.807, 2.05) is 6.92 Å². The maximum Gasteiger partial charge on any atom is 0.288 e. The van der Waals surface area contributed by atoms with Crippen molar-refractivity contribution in [3.63, 3.8) is 0 Å². The minimum atomic E-state index is -3.63. The lowest BCUT2D eigenvalue weighted by Crippen LogP contribution is -2.41. The predicted molar refractivity (Wildman–Crippen MR) is 123 cm³/mol. The molecule has 0 aliphatic heterocycles. The number of hydrogen-bond acceptors (Lipinski definition) is 7. The molecule has 0 aliphatic carbocycles. The highest BCUT2D eigenvalue weighted by atomic mass is 32.2. The number of hydroxylamine groups is 1. The minimum Gasteiger partial charge on any atom is -0.451 e. The number of carbonyl (C=O) groups is 3. The Labute approximate surface area is 198 Å². The van der Waals surface area contributed by atoms with Crippen LogP contribution in [0.1, 0.15) is 49.6 Å². The number of sulfonamides is 1. The summed E-state index contributed by atoms with van der Waals surface area (Å²) in [6.45, 7) is 1.83. The molecule has 0 unspecified atom stereocenters. The average Bonchev–Trinajstić information content (AvgIpc) is 3.34. The fourth-order valence-electron chi connectivity index (χ4n) is 3.23. The van der Waals surface area contributed by atoms with Gasteiger partial charge in [-0.3, -0.25) is 19.6 Å². The third-order valence-corrected chi connectivity index (χ3v) is 6.53. The maximum atomic E-state index is 12.4. The van der Waals surface area contributed by atoms with Gasteiger partial charge in [-0.05, 0) is 37.7 Å². The van der Waals surface area contributed by atoms with Gasteiger partial charge >= 0.3 is 0 Å². The van der Waals surface area contributed by atoms with Crippen molar-refractivity contribution < 1.29 is 32.4 Å². The first-order chi connectivity index (χ1) is 16.2. The lowest BCUT2D eigenvalue weighted by Gasteiger charge is -2.16. The summed E-state index contributed by atoms with van der Waals surface area (Å²) in [4.78, 5) is 36.4. The van der Waals surface area contributed by atoms with E-state index in [9.17, 15) is 22.8 Å². The largest absolute Gasteiger partial charge is 0.451 e. The number of nitrogens with one attached hydrogen (secondary N) is 4. The van der Waals surface area contributed by atoms with Gasteiger partial charge in [0, 0.05) is 17.9 Å². The summed E-state index contributed by atoms with van der Waals surface area (Å²) in [5, 5.41) is 13.8. The van der Waals surface area contributed by atoms with Crippen LogP contribution in [0.15, 0.2) is 45.7 Å². The number of furan rings is 1. The zero-order valence-corrected chi connectivity index (χ0v) is 19.9. The summed E-state index contributed by atoms with van der Waals surface area (Å²) in [7, 11) is -2.32.